The number of hydrogen-bond acceptors (Lipinski definition) is 4. The summed E-state index contributed by atoms with van der Waals surface area (Å²) in [4.78, 5) is 40.1. The maximum atomic E-state index is 12.5. The summed E-state index contributed by atoms with van der Waals surface area (Å²) in [6, 6.07) is 14.3. The number of anilines is 1. The van der Waals surface area contributed by atoms with Crippen molar-refractivity contribution in [3.8, 4) is 0 Å². The third kappa shape index (κ3) is 5.15. The molecule has 0 aromatic heterocycles. The third-order valence-electron chi connectivity index (χ3n) is 4.82. The quantitative estimate of drug-likeness (QED) is 0.648. The number of hydrogen-bond donors (Lipinski definition) is 0. The summed E-state index contributed by atoms with van der Waals surface area (Å²) in [5.74, 6) is -0.917. The summed E-state index contributed by atoms with van der Waals surface area (Å²) < 4.78 is 5.22. The van der Waals surface area contributed by atoms with Crippen LogP contribution in [-0.4, -0.2) is 42.4 Å². The molecule has 1 fully saturated rings. The second-order valence-corrected chi connectivity index (χ2v) is 7.19. The molecule has 2 amide bonds. The predicted molar refractivity (Wildman–Crippen MR) is 111 cm³/mol. The van der Waals surface area contributed by atoms with E-state index in [1.165, 1.54) is 6.07 Å². The van der Waals surface area contributed by atoms with E-state index in [1.54, 1.807) is 21.9 Å². The lowest BCUT2D eigenvalue weighted by molar-refractivity contribution is -0.135. The highest BCUT2D eigenvalue weighted by Gasteiger charge is 2.25. The summed E-state index contributed by atoms with van der Waals surface area (Å²) in [6.07, 6.45) is 1.22. The zero-order valence-electron chi connectivity index (χ0n) is 16.3. The molecule has 1 heterocycles. The van der Waals surface area contributed by atoms with Crippen molar-refractivity contribution in [3.05, 3.63) is 64.7 Å². The highest BCUT2D eigenvalue weighted by Crippen LogP contribution is 2.30. The molecule has 1 aliphatic heterocycles. The van der Waals surface area contributed by atoms with Crippen LogP contribution in [0.25, 0.3) is 0 Å². The number of carbonyl (C=O) groups is 3. The highest BCUT2D eigenvalue weighted by molar-refractivity contribution is 6.34. The van der Waals surface area contributed by atoms with E-state index in [2.05, 4.69) is 0 Å². The van der Waals surface area contributed by atoms with Gasteiger partial charge in [0, 0.05) is 26.1 Å². The van der Waals surface area contributed by atoms with Crippen molar-refractivity contribution in [2.24, 2.45) is 0 Å². The lowest BCUT2D eigenvalue weighted by Gasteiger charge is -2.21. The smallest absolute Gasteiger partial charge is 0.338 e. The van der Waals surface area contributed by atoms with Crippen LogP contribution in [0.5, 0.6) is 0 Å². The lowest BCUT2D eigenvalue weighted by Crippen LogP contribution is -2.34. The fraction of sp³-hybridized carbons (Fsp3) is 0.318. The Morgan fingerprint density at radius 3 is 2.59 bits per heavy atom. The summed E-state index contributed by atoms with van der Waals surface area (Å²) in [7, 11) is 0. The van der Waals surface area contributed by atoms with Crippen molar-refractivity contribution in [1.29, 1.82) is 0 Å². The van der Waals surface area contributed by atoms with Crippen molar-refractivity contribution >= 4 is 35.1 Å². The minimum Gasteiger partial charge on any atom is -0.452 e. The number of nitrogens with zero attached hydrogens (tertiary/aromatic N) is 2. The molecule has 0 spiro atoms. The second-order valence-electron chi connectivity index (χ2n) is 6.78. The minimum absolute atomic E-state index is 0.0212. The molecule has 1 saturated heterocycles. The van der Waals surface area contributed by atoms with Gasteiger partial charge in [0.1, 0.15) is 0 Å². The third-order valence-corrected chi connectivity index (χ3v) is 5.14. The van der Waals surface area contributed by atoms with Crippen molar-refractivity contribution in [1.82, 2.24) is 4.90 Å². The van der Waals surface area contributed by atoms with E-state index >= 15 is 0 Å². The van der Waals surface area contributed by atoms with E-state index in [1.807, 2.05) is 37.3 Å². The normalized spacial score (nSPS) is 13.4. The Hall–Kier alpha value is -2.86. The van der Waals surface area contributed by atoms with Crippen LogP contribution in [0.2, 0.25) is 5.02 Å². The number of rotatable bonds is 7. The number of esters is 1. The molecule has 0 atom stereocenters. The molecule has 0 N–H and O–H groups in total. The maximum absolute atomic E-state index is 12.5. The van der Waals surface area contributed by atoms with Gasteiger partial charge in [-0.3, -0.25) is 9.59 Å². The van der Waals surface area contributed by atoms with Crippen LogP contribution >= 0.6 is 11.6 Å². The van der Waals surface area contributed by atoms with Crippen LogP contribution in [0.15, 0.2) is 48.5 Å². The first-order valence-corrected chi connectivity index (χ1v) is 9.96. The molecule has 29 heavy (non-hydrogen) atoms. The number of likely N-dealkylation sites (N-methyl/N-ethyl adjacent to an activating group) is 1. The highest BCUT2D eigenvalue weighted by atomic mass is 35.5. The Bertz CT molecular complexity index is 901. The molecule has 0 saturated carbocycles. The van der Waals surface area contributed by atoms with Crippen molar-refractivity contribution in [3.63, 3.8) is 0 Å². The van der Waals surface area contributed by atoms with Crippen molar-refractivity contribution < 1.29 is 19.1 Å². The van der Waals surface area contributed by atoms with Crippen LogP contribution in [0.3, 0.4) is 0 Å². The van der Waals surface area contributed by atoms with E-state index in [9.17, 15) is 14.4 Å². The molecule has 0 bridgehead atoms. The molecule has 1 aliphatic rings. The number of amides is 2. The summed E-state index contributed by atoms with van der Waals surface area (Å²) in [6.45, 7) is 3.06. The first kappa shape index (κ1) is 20.9. The molecular formula is C22H23ClN2O4. The largest absolute Gasteiger partial charge is 0.452 e. The standard InChI is InChI=1S/C22H23ClN2O4/c1-2-24(14-16-7-4-3-5-8-16)21(27)15-29-22(28)17-10-11-18(23)19(13-17)25-12-6-9-20(25)26/h3-5,7-8,10-11,13H,2,6,9,12,14-15H2,1H3. The van der Waals surface area contributed by atoms with E-state index in [0.29, 0.717) is 36.8 Å². The molecule has 152 valence electrons. The van der Waals surface area contributed by atoms with Crippen molar-refractivity contribution in [2.75, 3.05) is 24.6 Å². The van der Waals surface area contributed by atoms with Crippen LogP contribution in [0.4, 0.5) is 5.69 Å². The van der Waals surface area contributed by atoms with E-state index in [-0.39, 0.29) is 24.0 Å². The Kier molecular flexibility index (Phi) is 6.88. The molecule has 0 aliphatic carbocycles. The van der Waals surface area contributed by atoms with Crippen LogP contribution in [0, 0.1) is 0 Å². The molecule has 2 aromatic carbocycles. The van der Waals surface area contributed by atoms with Gasteiger partial charge in [-0.05, 0) is 37.1 Å². The molecule has 2 aromatic rings. The van der Waals surface area contributed by atoms with Gasteiger partial charge >= 0.3 is 5.97 Å². The van der Waals surface area contributed by atoms with Gasteiger partial charge in [-0.1, -0.05) is 41.9 Å². The Balaban J connectivity index is 1.62. The van der Waals surface area contributed by atoms with Gasteiger partial charge in [-0.15, -0.1) is 0 Å². The summed E-state index contributed by atoms with van der Waals surface area (Å²) in [5, 5.41) is 0.396. The number of carbonyl (C=O) groups excluding carboxylic acids is 3. The summed E-state index contributed by atoms with van der Waals surface area (Å²) in [5.41, 5.74) is 1.75. The Morgan fingerprint density at radius 1 is 1.17 bits per heavy atom. The van der Waals surface area contributed by atoms with Crippen LogP contribution < -0.4 is 4.90 Å². The van der Waals surface area contributed by atoms with E-state index < -0.39 is 5.97 Å². The van der Waals surface area contributed by atoms with E-state index in [0.717, 1.165) is 12.0 Å². The molecular weight excluding hydrogens is 392 g/mol. The monoisotopic (exact) mass is 414 g/mol. The van der Waals surface area contributed by atoms with Crippen molar-refractivity contribution in [2.45, 2.75) is 26.3 Å². The van der Waals surface area contributed by atoms with Gasteiger partial charge in [-0.2, -0.15) is 0 Å². The van der Waals surface area contributed by atoms with Crippen LogP contribution in [-0.2, 0) is 20.9 Å². The maximum Gasteiger partial charge on any atom is 0.338 e. The van der Waals surface area contributed by atoms with Gasteiger partial charge in [0.25, 0.3) is 5.91 Å². The van der Waals surface area contributed by atoms with Gasteiger partial charge < -0.3 is 14.5 Å². The van der Waals surface area contributed by atoms with Gasteiger partial charge in [-0.25, -0.2) is 4.79 Å². The molecule has 3 rings (SSSR count). The minimum atomic E-state index is -0.626. The number of halogens is 1. The Morgan fingerprint density at radius 2 is 1.93 bits per heavy atom. The second kappa shape index (κ2) is 9.56. The number of ether oxygens (including phenoxy) is 1. The molecule has 6 nitrogen and oxygen atoms in total. The topological polar surface area (TPSA) is 66.9 Å². The first-order valence-electron chi connectivity index (χ1n) is 9.58. The fourth-order valence-corrected chi connectivity index (χ4v) is 3.45. The number of benzene rings is 2. The Labute approximate surface area is 175 Å². The van der Waals surface area contributed by atoms with Gasteiger partial charge in [0.2, 0.25) is 5.91 Å². The van der Waals surface area contributed by atoms with Gasteiger partial charge in [0.15, 0.2) is 6.61 Å². The average Bonchev–Trinajstić information content (AvgIpc) is 3.16. The summed E-state index contributed by atoms with van der Waals surface area (Å²) >= 11 is 6.20. The van der Waals surface area contributed by atoms with Gasteiger partial charge in [0.05, 0.1) is 16.3 Å². The zero-order chi connectivity index (χ0) is 20.8. The average molecular weight is 415 g/mol. The SMILES string of the molecule is CCN(Cc1ccccc1)C(=O)COC(=O)c1ccc(Cl)c(N2CCCC2=O)c1. The van der Waals surface area contributed by atoms with E-state index in [4.69, 9.17) is 16.3 Å². The zero-order valence-corrected chi connectivity index (χ0v) is 17.0. The predicted octanol–water partition coefficient (Wildman–Crippen LogP) is 3.67. The molecule has 0 unspecified atom stereocenters. The molecule has 0 radical (unpaired) electrons. The first-order chi connectivity index (χ1) is 14.0. The molecule has 7 heteroatoms. The van der Waals surface area contributed by atoms with Crippen LogP contribution in [0.1, 0.15) is 35.7 Å². The fourth-order valence-electron chi connectivity index (χ4n) is 3.23. The lowest BCUT2D eigenvalue weighted by atomic mass is 10.2.